The van der Waals surface area contributed by atoms with Gasteiger partial charge in [0.15, 0.2) is 0 Å². The summed E-state index contributed by atoms with van der Waals surface area (Å²) in [6.45, 7) is 0. The first-order chi connectivity index (χ1) is 11.2. The molecule has 3 nitrogen and oxygen atoms in total. The number of nitrogens with zero attached hydrogens (tertiary/aromatic N) is 1. The van der Waals surface area contributed by atoms with E-state index in [1.165, 1.54) is 19.3 Å². The quantitative estimate of drug-likeness (QED) is 0.774. The number of esters is 1. The highest BCUT2D eigenvalue weighted by Crippen LogP contribution is 2.57. The van der Waals surface area contributed by atoms with Crippen molar-refractivity contribution < 1.29 is 9.53 Å². The second kappa shape index (κ2) is 4.80. The molecule has 4 aliphatic carbocycles. The van der Waals surface area contributed by atoms with Crippen LogP contribution in [0.5, 0.6) is 0 Å². The number of pyridine rings is 1. The molecule has 1 heterocycles. The first-order valence-electron chi connectivity index (χ1n) is 8.77. The average molecular weight is 307 g/mol. The van der Waals surface area contributed by atoms with Crippen LogP contribution in [0.15, 0.2) is 36.5 Å². The molecule has 0 aliphatic heterocycles. The van der Waals surface area contributed by atoms with Gasteiger partial charge in [0, 0.05) is 11.6 Å². The van der Waals surface area contributed by atoms with Crippen molar-refractivity contribution in [2.45, 2.75) is 44.1 Å². The van der Waals surface area contributed by atoms with E-state index in [2.05, 4.69) is 4.98 Å². The molecule has 118 valence electrons. The van der Waals surface area contributed by atoms with E-state index in [-0.39, 0.29) is 11.6 Å². The zero-order valence-electron chi connectivity index (χ0n) is 13.2. The standard InChI is InChI=1S/C20H21NO2/c22-19(17-3-4-18-16(9-17)2-1-5-21-18)23-20-10-13-6-14(11-20)8-15(7-13)12-20/h1-5,9,13-15H,6-8,10-12H2. The lowest BCUT2D eigenvalue weighted by molar-refractivity contribution is -0.131. The largest absolute Gasteiger partial charge is 0.455 e. The number of ether oxygens (including phenoxy) is 1. The number of aromatic nitrogens is 1. The number of benzene rings is 1. The summed E-state index contributed by atoms with van der Waals surface area (Å²) in [5, 5.41) is 0.993. The summed E-state index contributed by atoms with van der Waals surface area (Å²) in [5.74, 6) is 2.21. The third-order valence-electron chi connectivity index (χ3n) is 6.13. The number of rotatable bonds is 2. The van der Waals surface area contributed by atoms with Crippen LogP contribution in [0, 0.1) is 17.8 Å². The molecule has 0 saturated heterocycles. The highest BCUT2D eigenvalue weighted by atomic mass is 16.6. The summed E-state index contributed by atoms with van der Waals surface area (Å²) in [5.41, 5.74) is 1.40. The van der Waals surface area contributed by atoms with Crippen molar-refractivity contribution in [2.75, 3.05) is 0 Å². The summed E-state index contributed by atoms with van der Waals surface area (Å²) in [6, 6.07) is 9.55. The number of carbonyl (C=O) groups is 1. The molecule has 2 aromatic rings. The van der Waals surface area contributed by atoms with Crippen molar-refractivity contribution in [2.24, 2.45) is 17.8 Å². The minimum atomic E-state index is -0.171. The van der Waals surface area contributed by atoms with E-state index in [0.29, 0.717) is 5.56 Å². The molecular formula is C20H21NO2. The summed E-state index contributed by atoms with van der Waals surface area (Å²) >= 11 is 0. The van der Waals surface area contributed by atoms with Crippen LogP contribution in [0.25, 0.3) is 10.9 Å². The van der Waals surface area contributed by atoms with Gasteiger partial charge >= 0.3 is 5.97 Å². The molecule has 0 atom stereocenters. The van der Waals surface area contributed by atoms with Gasteiger partial charge in [-0.3, -0.25) is 4.98 Å². The number of hydrogen-bond acceptors (Lipinski definition) is 3. The molecule has 6 rings (SSSR count). The first kappa shape index (κ1) is 13.5. The summed E-state index contributed by atoms with van der Waals surface area (Å²) < 4.78 is 6.13. The Morgan fingerprint density at radius 2 is 1.74 bits per heavy atom. The second-order valence-corrected chi connectivity index (χ2v) is 7.90. The zero-order chi connectivity index (χ0) is 15.4. The Bertz CT molecular complexity index is 747. The molecule has 4 fully saturated rings. The lowest BCUT2D eigenvalue weighted by Crippen LogP contribution is -2.52. The van der Waals surface area contributed by atoms with E-state index < -0.39 is 0 Å². The molecule has 4 bridgehead atoms. The van der Waals surface area contributed by atoms with Gasteiger partial charge in [0.25, 0.3) is 0 Å². The Morgan fingerprint density at radius 3 is 2.43 bits per heavy atom. The van der Waals surface area contributed by atoms with Gasteiger partial charge in [-0.25, -0.2) is 4.79 Å². The Labute approximate surface area is 136 Å². The van der Waals surface area contributed by atoms with Crippen molar-refractivity contribution in [1.82, 2.24) is 4.98 Å². The topological polar surface area (TPSA) is 39.2 Å². The Balaban J connectivity index is 1.42. The van der Waals surface area contributed by atoms with Crippen molar-refractivity contribution in [3.8, 4) is 0 Å². The Hall–Kier alpha value is -1.90. The zero-order valence-corrected chi connectivity index (χ0v) is 13.2. The SMILES string of the molecule is O=C(OC12CC3CC(CC(C3)C1)C2)c1ccc2ncccc2c1. The van der Waals surface area contributed by atoms with E-state index in [1.54, 1.807) is 6.20 Å². The van der Waals surface area contributed by atoms with Crippen molar-refractivity contribution in [3.63, 3.8) is 0 Å². The molecule has 0 radical (unpaired) electrons. The smallest absolute Gasteiger partial charge is 0.338 e. The maximum absolute atomic E-state index is 12.7. The van der Waals surface area contributed by atoms with Crippen LogP contribution >= 0.6 is 0 Å². The van der Waals surface area contributed by atoms with Gasteiger partial charge in [0.05, 0.1) is 11.1 Å². The maximum Gasteiger partial charge on any atom is 0.338 e. The fourth-order valence-electron chi connectivity index (χ4n) is 5.61. The summed E-state index contributed by atoms with van der Waals surface area (Å²) in [4.78, 5) is 17.0. The Morgan fingerprint density at radius 1 is 1.04 bits per heavy atom. The first-order valence-corrected chi connectivity index (χ1v) is 8.77. The molecule has 0 spiro atoms. The molecule has 1 aromatic heterocycles. The molecule has 4 saturated carbocycles. The van der Waals surface area contributed by atoms with Gasteiger partial charge in [0.2, 0.25) is 0 Å². The van der Waals surface area contributed by atoms with Gasteiger partial charge < -0.3 is 4.74 Å². The van der Waals surface area contributed by atoms with E-state index in [9.17, 15) is 4.79 Å². The lowest BCUT2D eigenvalue weighted by atomic mass is 9.54. The minimum Gasteiger partial charge on any atom is -0.455 e. The summed E-state index contributed by atoms with van der Waals surface area (Å²) in [7, 11) is 0. The van der Waals surface area contributed by atoms with Gasteiger partial charge in [0.1, 0.15) is 5.60 Å². The van der Waals surface area contributed by atoms with Gasteiger partial charge in [-0.15, -0.1) is 0 Å². The highest BCUT2D eigenvalue weighted by Gasteiger charge is 2.53. The van der Waals surface area contributed by atoms with Crippen molar-refractivity contribution in [3.05, 3.63) is 42.1 Å². The molecule has 3 heteroatoms. The van der Waals surface area contributed by atoms with Crippen molar-refractivity contribution >= 4 is 16.9 Å². The van der Waals surface area contributed by atoms with Crippen LogP contribution in [-0.2, 0) is 4.74 Å². The third-order valence-corrected chi connectivity index (χ3v) is 6.13. The highest BCUT2D eigenvalue weighted by molar-refractivity contribution is 5.94. The lowest BCUT2D eigenvalue weighted by Gasteiger charge is -2.55. The Kier molecular flexibility index (Phi) is 2.82. The van der Waals surface area contributed by atoms with Crippen LogP contribution in [0.3, 0.4) is 0 Å². The van der Waals surface area contributed by atoms with Crippen molar-refractivity contribution in [1.29, 1.82) is 0 Å². The average Bonchev–Trinajstić information content (AvgIpc) is 2.52. The summed E-state index contributed by atoms with van der Waals surface area (Å²) in [6.07, 6.45) is 9.10. The fourth-order valence-corrected chi connectivity index (χ4v) is 5.61. The molecule has 0 N–H and O–H groups in total. The number of fused-ring (bicyclic) bond motifs is 1. The van der Waals surface area contributed by atoms with E-state index in [0.717, 1.165) is 47.9 Å². The van der Waals surface area contributed by atoms with E-state index in [1.807, 2.05) is 30.3 Å². The molecular weight excluding hydrogens is 286 g/mol. The molecule has 0 unspecified atom stereocenters. The third kappa shape index (κ3) is 2.25. The maximum atomic E-state index is 12.7. The number of carbonyl (C=O) groups excluding carboxylic acids is 1. The molecule has 4 aliphatic rings. The molecule has 0 amide bonds. The van der Waals surface area contributed by atoms with Crippen LogP contribution < -0.4 is 0 Å². The number of hydrogen-bond donors (Lipinski definition) is 0. The van der Waals surface area contributed by atoms with Crippen LogP contribution in [0.1, 0.15) is 48.9 Å². The minimum absolute atomic E-state index is 0.155. The van der Waals surface area contributed by atoms with E-state index >= 15 is 0 Å². The predicted octanol–water partition coefficient (Wildman–Crippen LogP) is 4.36. The van der Waals surface area contributed by atoms with Gasteiger partial charge in [-0.2, -0.15) is 0 Å². The molecule has 23 heavy (non-hydrogen) atoms. The van der Waals surface area contributed by atoms with Crippen LogP contribution in [0.2, 0.25) is 0 Å². The predicted molar refractivity (Wildman–Crippen MR) is 88.1 cm³/mol. The van der Waals surface area contributed by atoms with Crippen LogP contribution in [-0.4, -0.2) is 16.6 Å². The van der Waals surface area contributed by atoms with Crippen LogP contribution in [0.4, 0.5) is 0 Å². The second-order valence-electron chi connectivity index (χ2n) is 7.90. The van der Waals surface area contributed by atoms with Gasteiger partial charge in [-0.05, 0) is 80.5 Å². The van der Waals surface area contributed by atoms with Gasteiger partial charge in [-0.1, -0.05) is 6.07 Å². The monoisotopic (exact) mass is 307 g/mol. The normalized spacial score (nSPS) is 34.7. The fraction of sp³-hybridized carbons (Fsp3) is 0.500. The molecule has 1 aromatic carbocycles. The van der Waals surface area contributed by atoms with E-state index in [4.69, 9.17) is 4.74 Å².